The third kappa shape index (κ3) is 1.88. The molecule has 1 heterocycles. The highest BCUT2D eigenvalue weighted by Crippen LogP contribution is 2.37. The van der Waals surface area contributed by atoms with Crippen LogP contribution in [0.2, 0.25) is 0 Å². The summed E-state index contributed by atoms with van der Waals surface area (Å²) >= 11 is 0. The van der Waals surface area contributed by atoms with E-state index in [2.05, 4.69) is 0 Å². The molecule has 1 aliphatic carbocycles. The fourth-order valence-electron chi connectivity index (χ4n) is 2.19. The number of fused-ring (bicyclic) bond motifs is 1. The van der Waals surface area contributed by atoms with E-state index in [0.717, 1.165) is 18.4 Å². The Morgan fingerprint density at radius 3 is 2.71 bits per heavy atom. The van der Waals surface area contributed by atoms with Crippen molar-refractivity contribution < 1.29 is 19.5 Å². The molecule has 0 amide bonds. The summed E-state index contributed by atoms with van der Waals surface area (Å²) in [5.74, 6) is 0.987. The smallest absolute Gasteiger partial charge is 0.454 e. The van der Waals surface area contributed by atoms with Crippen LogP contribution in [-0.4, -0.2) is 29.5 Å². The van der Waals surface area contributed by atoms with Crippen LogP contribution in [0.25, 0.3) is 0 Å². The first kappa shape index (κ1) is 10.9. The van der Waals surface area contributed by atoms with Crippen molar-refractivity contribution in [3.63, 3.8) is 0 Å². The van der Waals surface area contributed by atoms with E-state index in [1.807, 2.05) is 6.07 Å². The Morgan fingerprint density at radius 1 is 1.29 bits per heavy atom. The number of rotatable bonds is 3. The van der Waals surface area contributed by atoms with Gasteiger partial charge < -0.3 is 25.3 Å². The lowest BCUT2D eigenvalue weighted by Crippen LogP contribution is -2.37. The van der Waals surface area contributed by atoms with Gasteiger partial charge in [-0.2, -0.15) is 0 Å². The number of nitrogens with two attached hydrogens (primary N) is 1. The minimum absolute atomic E-state index is 0.117. The summed E-state index contributed by atoms with van der Waals surface area (Å²) in [5, 5.41) is 18.9. The maximum atomic E-state index is 9.47. The van der Waals surface area contributed by atoms with E-state index in [1.54, 1.807) is 6.07 Å². The summed E-state index contributed by atoms with van der Waals surface area (Å²) in [6.45, 7) is 0.117. The molecule has 0 spiro atoms. The lowest BCUT2D eigenvalue weighted by molar-refractivity contribution is 0.174. The Labute approximate surface area is 99.3 Å². The highest BCUT2D eigenvalue weighted by atomic mass is 16.7. The van der Waals surface area contributed by atoms with Crippen LogP contribution in [0.1, 0.15) is 18.4 Å². The first-order valence-electron chi connectivity index (χ1n) is 5.65. The second-order valence-corrected chi connectivity index (χ2v) is 4.78. The normalized spacial score (nSPS) is 19.2. The van der Waals surface area contributed by atoms with Gasteiger partial charge in [0.25, 0.3) is 0 Å². The first-order valence-corrected chi connectivity index (χ1v) is 5.65. The molecule has 3 rings (SSSR count). The molecule has 0 aromatic heterocycles. The van der Waals surface area contributed by atoms with Gasteiger partial charge in [-0.25, -0.2) is 0 Å². The average Bonchev–Trinajstić information content (AvgIpc) is 2.81. The minimum Gasteiger partial charge on any atom is -0.454 e. The monoisotopic (exact) mass is 235 g/mol. The number of benzene rings is 1. The van der Waals surface area contributed by atoms with Crippen molar-refractivity contribution in [2.24, 2.45) is 5.73 Å². The van der Waals surface area contributed by atoms with Gasteiger partial charge in [0.05, 0.1) is 0 Å². The Hall–Kier alpha value is -1.24. The number of hydrogen-bond acceptors (Lipinski definition) is 5. The highest BCUT2D eigenvalue weighted by molar-refractivity contribution is 6.60. The predicted octanol–water partition coefficient (Wildman–Crippen LogP) is -0.871. The zero-order chi connectivity index (χ0) is 12.0. The fourth-order valence-corrected chi connectivity index (χ4v) is 2.19. The van der Waals surface area contributed by atoms with E-state index in [4.69, 9.17) is 15.2 Å². The van der Waals surface area contributed by atoms with Crippen LogP contribution in [0.15, 0.2) is 12.1 Å². The van der Waals surface area contributed by atoms with Crippen LogP contribution in [0.5, 0.6) is 11.5 Å². The van der Waals surface area contributed by atoms with Crippen molar-refractivity contribution in [2.45, 2.75) is 24.8 Å². The van der Waals surface area contributed by atoms with Gasteiger partial charge >= 0.3 is 7.12 Å². The van der Waals surface area contributed by atoms with Gasteiger partial charge in [0.1, 0.15) is 0 Å². The van der Waals surface area contributed by atoms with Crippen molar-refractivity contribution in [2.75, 3.05) is 6.79 Å². The van der Waals surface area contributed by atoms with Crippen LogP contribution in [0.4, 0.5) is 0 Å². The molecule has 4 N–H and O–H groups in total. The Kier molecular flexibility index (Phi) is 2.32. The molecular weight excluding hydrogens is 221 g/mol. The zero-order valence-electron chi connectivity index (χ0n) is 9.35. The van der Waals surface area contributed by atoms with Crippen molar-refractivity contribution >= 4 is 12.6 Å². The van der Waals surface area contributed by atoms with Crippen molar-refractivity contribution in [1.29, 1.82) is 0 Å². The van der Waals surface area contributed by atoms with Crippen molar-refractivity contribution in [3.05, 3.63) is 17.7 Å². The Morgan fingerprint density at radius 2 is 2.06 bits per heavy atom. The van der Waals surface area contributed by atoms with Crippen molar-refractivity contribution in [3.8, 4) is 11.5 Å². The summed E-state index contributed by atoms with van der Waals surface area (Å²) in [6, 6.07) is 3.62. The highest BCUT2D eigenvalue weighted by Gasteiger charge is 2.40. The van der Waals surface area contributed by atoms with Gasteiger partial charge in [0.15, 0.2) is 11.5 Å². The number of hydrogen-bond donors (Lipinski definition) is 3. The van der Waals surface area contributed by atoms with Crippen molar-refractivity contribution in [1.82, 2.24) is 0 Å². The van der Waals surface area contributed by atoms with Gasteiger partial charge in [-0.3, -0.25) is 0 Å². The minimum atomic E-state index is -1.57. The summed E-state index contributed by atoms with van der Waals surface area (Å²) in [5.41, 5.74) is 7.08. The molecule has 0 unspecified atom stereocenters. The topological polar surface area (TPSA) is 84.9 Å². The lowest BCUT2D eigenvalue weighted by Gasteiger charge is -2.14. The molecule has 0 atom stereocenters. The Balaban J connectivity index is 2.02. The fraction of sp³-hybridized carbons (Fsp3) is 0.455. The largest absolute Gasteiger partial charge is 0.492 e. The number of ether oxygens (including phenoxy) is 2. The molecule has 1 aromatic carbocycles. The van der Waals surface area contributed by atoms with Crippen LogP contribution in [0.3, 0.4) is 0 Å². The van der Waals surface area contributed by atoms with E-state index in [9.17, 15) is 10.0 Å². The maximum Gasteiger partial charge on any atom is 0.492 e. The average molecular weight is 235 g/mol. The molecule has 0 saturated heterocycles. The molecular formula is C11H14BNO4. The second kappa shape index (κ2) is 3.63. The zero-order valence-corrected chi connectivity index (χ0v) is 9.35. The van der Waals surface area contributed by atoms with Crippen LogP contribution >= 0.6 is 0 Å². The third-order valence-corrected chi connectivity index (χ3v) is 3.36. The molecule has 1 saturated carbocycles. The summed E-state index contributed by atoms with van der Waals surface area (Å²) in [6.07, 6.45) is 2.58. The van der Waals surface area contributed by atoms with Gasteiger partial charge in [-0.1, -0.05) is 6.07 Å². The second-order valence-electron chi connectivity index (χ2n) is 4.78. The summed E-state index contributed by atoms with van der Waals surface area (Å²) in [7, 11) is -1.57. The maximum absolute atomic E-state index is 9.47. The van der Waals surface area contributed by atoms with Gasteiger partial charge in [0.2, 0.25) is 6.79 Å². The Bertz CT molecular complexity index is 459. The molecule has 0 bridgehead atoms. The van der Waals surface area contributed by atoms with Crippen LogP contribution in [-0.2, 0) is 6.42 Å². The van der Waals surface area contributed by atoms with Crippen LogP contribution < -0.4 is 20.7 Å². The summed E-state index contributed by atoms with van der Waals surface area (Å²) in [4.78, 5) is 0. The molecule has 1 fully saturated rings. The molecule has 17 heavy (non-hydrogen) atoms. The van der Waals surface area contributed by atoms with E-state index in [1.165, 1.54) is 0 Å². The molecule has 0 radical (unpaired) electrons. The van der Waals surface area contributed by atoms with E-state index in [0.29, 0.717) is 23.4 Å². The lowest BCUT2D eigenvalue weighted by atomic mass is 9.74. The van der Waals surface area contributed by atoms with Crippen LogP contribution in [0, 0.1) is 0 Å². The quantitative estimate of drug-likeness (QED) is 0.593. The van der Waals surface area contributed by atoms with E-state index < -0.39 is 7.12 Å². The third-order valence-electron chi connectivity index (χ3n) is 3.36. The predicted molar refractivity (Wildman–Crippen MR) is 62.2 cm³/mol. The standard InChI is InChI=1S/C11H14BNO4/c13-11(3-4-11)5-7-1-2-8-10(17-6-16-8)9(7)12(14)15/h1-2,14-15H,3-6,13H2. The summed E-state index contributed by atoms with van der Waals surface area (Å²) < 4.78 is 10.5. The molecule has 2 aliphatic rings. The van der Waals surface area contributed by atoms with Gasteiger partial charge in [0, 0.05) is 11.0 Å². The molecule has 1 aliphatic heterocycles. The van der Waals surface area contributed by atoms with Gasteiger partial charge in [-0.15, -0.1) is 0 Å². The van der Waals surface area contributed by atoms with Gasteiger partial charge in [-0.05, 0) is 30.9 Å². The van der Waals surface area contributed by atoms with E-state index in [-0.39, 0.29) is 12.3 Å². The first-order chi connectivity index (χ1) is 8.09. The molecule has 6 heteroatoms. The molecule has 90 valence electrons. The molecule has 5 nitrogen and oxygen atoms in total. The molecule has 1 aromatic rings. The van der Waals surface area contributed by atoms with E-state index >= 15 is 0 Å². The SMILES string of the molecule is NC1(Cc2ccc3c(c2B(O)O)OCO3)CC1.